The molecule has 7 heteroatoms. The summed E-state index contributed by atoms with van der Waals surface area (Å²) in [4.78, 5) is 22.5. The van der Waals surface area contributed by atoms with E-state index in [1.807, 2.05) is 0 Å². The summed E-state index contributed by atoms with van der Waals surface area (Å²) in [5, 5.41) is 19.0. The molecular weight excluding hydrogens is 245 g/mol. The summed E-state index contributed by atoms with van der Waals surface area (Å²) in [5.74, 6) is -1.07. The van der Waals surface area contributed by atoms with E-state index in [0.717, 1.165) is 0 Å². The molecule has 1 aliphatic heterocycles. The summed E-state index contributed by atoms with van der Waals surface area (Å²) in [7, 11) is 0. The minimum absolute atomic E-state index is 0. The number of H-pyrrole nitrogens is 1. The average Bonchev–Trinajstić information content (AvgIpc) is 2.33. The van der Waals surface area contributed by atoms with Crippen molar-refractivity contribution >= 4 is 58.1 Å². The van der Waals surface area contributed by atoms with Crippen LogP contribution in [0.2, 0.25) is 0 Å². The van der Waals surface area contributed by atoms with Gasteiger partial charge in [0.05, 0.1) is 11.1 Å². The topological polar surface area (TPSA) is 95.1 Å². The molecule has 86 valence electrons. The Morgan fingerprint density at radius 1 is 1.33 bits per heavy atom. The molecule has 6 nitrogen and oxygen atoms in total. The monoisotopic (exact) mass is 253 g/mol. The Morgan fingerprint density at radius 2 is 2.11 bits per heavy atom. The molecule has 1 aromatic carbocycles. The van der Waals surface area contributed by atoms with Crippen LogP contribution in [0.1, 0.15) is 5.69 Å². The number of anilines is 1. The summed E-state index contributed by atoms with van der Waals surface area (Å²) in [6, 6.07) is 5.07. The van der Waals surface area contributed by atoms with E-state index < -0.39 is 5.97 Å². The first-order valence-electron chi connectivity index (χ1n) is 4.90. The predicted molar refractivity (Wildman–Crippen MR) is 68.7 cm³/mol. The van der Waals surface area contributed by atoms with Crippen molar-refractivity contribution in [3.05, 3.63) is 39.9 Å². The van der Waals surface area contributed by atoms with Crippen LogP contribution in [0.5, 0.6) is 0 Å². The van der Waals surface area contributed by atoms with Gasteiger partial charge in [0.2, 0.25) is 0 Å². The maximum absolute atomic E-state index is 11.6. The summed E-state index contributed by atoms with van der Waals surface area (Å²) in [5.41, 5.74) is 0.770. The molecule has 0 fully saturated rings. The van der Waals surface area contributed by atoms with Crippen LogP contribution in [0.15, 0.2) is 28.7 Å². The fourth-order valence-electron chi connectivity index (χ4n) is 1.89. The first kappa shape index (κ1) is 12.8. The molecule has 3 N–H and O–H groups in total. The second-order valence-corrected chi connectivity index (χ2v) is 3.65. The Morgan fingerprint density at radius 3 is 2.83 bits per heavy atom. The van der Waals surface area contributed by atoms with E-state index >= 15 is 0 Å². The van der Waals surface area contributed by atoms with E-state index in [-0.39, 0.29) is 40.8 Å². The van der Waals surface area contributed by atoms with Crippen molar-refractivity contribution in [3.8, 4) is 0 Å². The van der Waals surface area contributed by atoms with Crippen molar-refractivity contribution in [1.29, 1.82) is 0 Å². The number of rotatable bonds is 1. The standard InChI is InChI=1S/C11H7N3O3.Na.H/c15-10-5-2-1-3-6-9(5)7(13-14-10)4-8(12-6)11(16)17;;/h1-4,12H,(H,14,15)(H,16,17);;. The summed E-state index contributed by atoms with van der Waals surface area (Å²) in [6.45, 7) is 0. The second-order valence-electron chi connectivity index (χ2n) is 3.65. The van der Waals surface area contributed by atoms with Gasteiger partial charge in [-0.25, -0.2) is 9.89 Å². The molecule has 1 aromatic heterocycles. The first-order chi connectivity index (χ1) is 8.16. The third-order valence-corrected chi connectivity index (χ3v) is 2.62. The zero-order chi connectivity index (χ0) is 12.0. The van der Waals surface area contributed by atoms with Gasteiger partial charge in [0.15, 0.2) is 0 Å². The van der Waals surface area contributed by atoms with Gasteiger partial charge in [0.25, 0.3) is 5.56 Å². The van der Waals surface area contributed by atoms with Crippen molar-refractivity contribution < 1.29 is 9.90 Å². The number of hydrogen-bond donors (Lipinski definition) is 3. The Balaban J connectivity index is 0.00000120. The van der Waals surface area contributed by atoms with Crippen molar-refractivity contribution in [1.82, 2.24) is 10.2 Å². The minimum atomic E-state index is -1.07. The number of nitrogens with zero attached hydrogens (tertiary/aromatic N) is 1. The fraction of sp³-hybridized carbons (Fsp3) is 0. The van der Waals surface area contributed by atoms with Gasteiger partial charge in [-0.15, -0.1) is 0 Å². The number of nitrogens with one attached hydrogen (secondary N) is 2. The number of benzene rings is 1. The number of carboxylic acids is 1. The molecule has 0 radical (unpaired) electrons. The van der Waals surface area contributed by atoms with Gasteiger partial charge in [-0.3, -0.25) is 4.79 Å². The molecule has 0 atom stereocenters. The number of carbonyl (C=O) groups is 1. The van der Waals surface area contributed by atoms with E-state index in [0.29, 0.717) is 22.2 Å². The van der Waals surface area contributed by atoms with Crippen LogP contribution < -0.4 is 10.9 Å². The zero-order valence-electron chi connectivity index (χ0n) is 8.52. The number of aromatic nitrogens is 2. The molecule has 1 aliphatic rings. The first-order valence-corrected chi connectivity index (χ1v) is 4.90. The van der Waals surface area contributed by atoms with E-state index in [4.69, 9.17) is 5.11 Å². The van der Waals surface area contributed by atoms with Crippen LogP contribution in [0.4, 0.5) is 5.69 Å². The Bertz CT molecular complexity index is 736. The van der Waals surface area contributed by atoms with E-state index in [1.165, 1.54) is 6.08 Å². The van der Waals surface area contributed by atoms with Gasteiger partial charge in [-0.2, -0.15) is 5.10 Å². The summed E-state index contributed by atoms with van der Waals surface area (Å²) >= 11 is 0. The zero-order valence-corrected chi connectivity index (χ0v) is 8.52. The molecule has 0 bridgehead atoms. The average molecular weight is 253 g/mol. The van der Waals surface area contributed by atoms with E-state index in [2.05, 4.69) is 15.5 Å². The normalized spacial score (nSPS) is 12.3. The van der Waals surface area contributed by atoms with Crippen LogP contribution in [-0.4, -0.2) is 50.8 Å². The number of carboxylic acid groups (broad SMARTS) is 1. The molecule has 2 aromatic rings. The molecule has 0 saturated carbocycles. The molecule has 18 heavy (non-hydrogen) atoms. The maximum atomic E-state index is 11.6. The van der Waals surface area contributed by atoms with Gasteiger partial charge in [-0.05, 0) is 18.2 Å². The molecule has 2 heterocycles. The third kappa shape index (κ3) is 1.84. The molecular formula is C11H8N3NaO3. The van der Waals surface area contributed by atoms with Crippen molar-refractivity contribution in [2.24, 2.45) is 0 Å². The van der Waals surface area contributed by atoms with Crippen molar-refractivity contribution in [3.63, 3.8) is 0 Å². The number of aromatic amines is 1. The molecule has 0 aliphatic carbocycles. The Labute approximate surface area is 123 Å². The summed E-state index contributed by atoms with van der Waals surface area (Å²) in [6.07, 6.45) is 1.40. The van der Waals surface area contributed by atoms with Gasteiger partial charge in [0, 0.05) is 11.1 Å². The molecule has 0 unspecified atom stereocenters. The molecule has 0 amide bonds. The van der Waals surface area contributed by atoms with Crippen LogP contribution in [0.25, 0.3) is 16.8 Å². The quantitative estimate of drug-likeness (QED) is 0.628. The van der Waals surface area contributed by atoms with Crippen LogP contribution in [0, 0.1) is 0 Å². The van der Waals surface area contributed by atoms with Gasteiger partial charge in [-0.1, -0.05) is 6.07 Å². The van der Waals surface area contributed by atoms with Crippen molar-refractivity contribution in [2.45, 2.75) is 0 Å². The predicted octanol–water partition coefficient (Wildman–Crippen LogP) is 0.126. The van der Waals surface area contributed by atoms with Crippen LogP contribution in [0.3, 0.4) is 0 Å². The number of hydrogen-bond acceptors (Lipinski definition) is 4. The molecule has 0 spiro atoms. The van der Waals surface area contributed by atoms with Crippen molar-refractivity contribution in [2.75, 3.05) is 5.32 Å². The Hall–Kier alpha value is -1.63. The van der Waals surface area contributed by atoms with E-state index in [9.17, 15) is 9.59 Å². The van der Waals surface area contributed by atoms with Crippen LogP contribution >= 0.6 is 0 Å². The molecule has 0 saturated heterocycles. The molecule has 3 rings (SSSR count). The van der Waals surface area contributed by atoms with Gasteiger partial charge < -0.3 is 10.4 Å². The summed E-state index contributed by atoms with van der Waals surface area (Å²) < 4.78 is 0. The SMILES string of the molecule is O=C(O)C1=Cc2n[nH]c(=O)c3cccc(c23)N1.[NaH]. The fourth-order valence-corrected chi connectivity index (χ4v) is 1.89. The van der Waals surface area contributed by atoms with E-state index in [1.54, 1.807) is 18.2 Å². The third-order valence-electron chi connectivity index (χ3n) is 2.62. The Kier molecular flexibility index (Phi) is 3.25. The second kappa shape index (κ2) is 4.56. The number of aliphatic carboxylic acids is 1. The van der Waals surface area contributed by atoms with Crippen LogP contribution in [-0.2, 0) is 4.79 Å². The van der Waals surface area contributed by atoms with Gasteiger partial charge >= 0.3 is 35.5 Å². The van der Waals surface area contributed by atoms with Gasteiger partial charge in [0.1, 0.15) is 5.70 Å².